The lowest BCUT2D eigenvalue weighted by molar-refractivity contribution is -0.357. The summed E-state index contributed by atoms with van der Waals surface area (Å²) in [5.74, 6) is -13.4. The molecule has 0 atom stereocenters. The molecule has 108 valence electrons. The molecular formula is C8H5F7N2O2. The zero-order valence-electron chi connectivity index (χ0n) is 8.76. The molecule has 1 rings (SSSR count). The van der Waals surface area contributed by atoms with Crippen LogP contribution >= 0.6 is 0 Å². The highest BCUT2D eigenvalue weighted by atomic mass is 19.4. The molecule has 1 N–H and O–H groups in total. The molecule has 0 bridgehead atoms. The number of alkyl halides is 7. The second-order valence-electron chi connectivity index (χ2n) is 3.48. The predicted octanol–water partition coefficient (Wildman–Crippen LogP) is 2.41. The van der Waals surface area contributed by atoms with Gasteiger partial charge in [-0.05, 0) is 6.07 Å². The Bertz CT molecular complexity index is 480. The van der Waals surface area contributed by atoms with Gasteiger partial charge in [0.05, 0.1) is 0 Å². The molecule has 0 aliphatic carbocycles. The van der Waals surface area contributed by atoms with Crippen LogP contribution in [-0.2, 0) is 6.54 Å². The van der Waals surface area contributed by atoms with Crippen LogP contribution in [-0.4, -0.2) is 38.9 Å². The van der Waals surface area contributed by atoms with Crippen molar-refractivity contribution in [1.29, 1.82) is 0 Å². The fraction of sp³-hybridized carbons (Fsp3) is 0.500. The Morgan fingerprint density at radius 3 is 2.11 bits per heavy atom. The molecule has 1 aromatic rings. The smallest absolute Gasteiger partial charge is 0.459 e. The Balaban J connectivity index is 2.99. The highest BCUT2D eigenvalue weighted by Gasteiger charge is 2.73. The lowest BCUT2D eigenvalue weighted by Gasteiger charge is -2.27. The van der Waals surface area contributed by atoms with Gasteiger partial charge >= 0.3 is 24.0 Å². The number of carboxylic acids is 1. The third-order valence-corrected chi connectivity index (χ3v) is 2.04. The maximum absolute atomic E-state index is 12.9. The van der Waals surface area contributed by atoms with Crippen molar-refractivity contribution in [3.05, 3.63) is 18.0 Å². The highest BCUT2D eigenvalue weighted by molar-refractivity contribution is 5.84. The maximum Gasteiger partial charge on any atom is 0.459 e. The van der Waals surface area contributed by atoms with Crippen LogP contribution in [0.15, 0.2) is 12.3 Å². The fourth-order valence-electron chi connectivity index (χ4n) is 1.07. The Morgan fingerprint density at radius 2 is 1.74 bits per heavy atom. The van der Waals surface area contributed by atoms with Crippen LogP contribution in [0.3, 0.4) is 0 Å². The van der Waals surface area contributed by atoms with E-state index in [4.69, 9.17) is 5.11 Å². The number of halogens is 7. The number of hydrogen-bond acceptors (Lipinski definition) is 2. The summed E-state index contributed by atoms with van der Waals surface area (Å²) in [5, 5.41) is 11.3. The summed E-state index contributed by atoms with van der Waals surface area (Å²) >= 11 is 0. The maximum atomic E-state index is 12.9. The third-order valence-electron chi connectivity index (χ3n) is 2.04. The van der Waals surface area contributed by atoms with Gasteiger partial charge in [0, 0.05) is 6.20 Å². The summed E-state index contributed by atoms with van der Waals surface area (Å²) in [7, 11) is 0. The summed E-state index contributed by atoms with van der Waals surface area (Å²) in [4.78, 5) is 10.3. The molecule has 0 amide bonds. The number of carbonyl (C=O) groups is 1. The van der Waals surface area contributed by atoms with Gasteiger partial charge in [-0.1, -0.05) is 0 Å². The number of rotatable bonds is 4. The van der Waals surface area contributed by atoms with Crippen molar-refractivity contribution in [3.63, 3.8) is 0 Å². The van der Waals surface area contributed by atoms with E-state index < -0.39 is 36.2 Å². The van der Waals surface area contributed by atoms with Crippen LogP contribution in [0.4, 0.5) is 30.7 Å². The largest absolute Gasteiger partial charge is 0.476 e. The van der Waals surface area contributed by atoms with E-state index >= 15 is 0 Å². The van der Waals surface area contributed by atoms with Crippen molar-refractivity contribution >= 4 is 5.97 Å². The molecule has 0 aliphatic heterocycles. The van der Waals surface area contributed by atoms with Crippen LogP contribution in [0.25, 0.3) is 0 Å². The Kier molecular flexibility index (Phi) is 3.52. The number of nitrogens with zero attached hydrogens (tertiary/aromatic N) is 2. The van der Waals surface area contributed by atoms with Gasteiger partial charge in [-0.15, -0.1) is 0 Å². The Morgan fingerprint density at radius 1 is 1.21 bits per heavy atom. The van der Waals surface area contributed by atoms with Gasteiger partial charge in [-0.25, -0.2) is 4.79 Å². The van der Waals surface area contributed by atoms with Crippen molar-refractivity contribution in [1.82, 2.24) is 9.78 Å². The summed E-state index contributed by atoms with van der Waals surface area (Å²) in [6.45, 7) is -2.10. The van der Waals surface area contributed by atoms with Crippen LogP contribution in [0.5, 0.6) is 0 Å². The van der Waals surface area contributed by atoms with Crippen molar-refractivity contribution < 1.29 is 40.6 Å². The van der Waals surface area contributed by atoms with Gasteiger partial charge < -0.3 is 5.11 Å². The van der Waals surface area contributed by atoms with Crippen LogP contribution in [0.2, 0.25) is 0 Å². The van der Waals surface area contributed by atoms with E-state index in [2.05, 4.69) is 5.10 Å². The van der Waals surface area contributed by atoms with Crippen molar-refractivity contribution in [3.8, 4) is 0 Å². The quantitative estimate of drug-likeness (QED) is 0.868. The second-order valence-corrected chi connectivity index (χ2v) is 3.48. The normalized spacial score (nSPS) is 13.6. The molecule has 19 heavy (non-hydrogen) atoms. The van der Waals surface area contributed by atoms with E-state index in [1.165, 1.54) is 0 Å². The number of carboxylic acid groups (broad SMARTS) is 1. The summed E-state index contributed by atoms with van der Waals surface area (Å²) in [6, 6.07) is 0.685. The Hall–Kier alpha value is -1.81. The number of aromatic carboxylic acids is 1. The Labute approximate surface area is 100.0 Å². The van der Waals surface area contributed by atoms with Crippen LogP contribution < -0.4 is 0 Å². The molecule has 0 saturated heterocycles. The standard InChI is InChI=1S/C8H5F7N2O2/c9-6(10,7(11,12)8(13,14)15)3-17-2-1-4(16-17)5(18)19/h1-2H,3H2,(H,18,19). The summed E-state index contributed by atoms with van der Waals surface area (Å²) in [5.41, 5.74) is -0.758. The fourth-order valence-corrected chi connectivity index (χ4v) is 1.07. The van der Waals surface area contributed by atoms with E-state index in [9.17, 15) is 35.5 Å². The molecule has 0 fully saturated rings. The van der Waals surface area contributed by atoms with E-state index in [1.54, 1.807) is 0 Å². The summed E-state index contributed by atoms with van der Waals surface area (Å²) < 4.78 is 86.3. The molecule has 0 aromatic carbocycles. The molecule has 0 saturated carbocycles. The lowest BCUT2D eigenvalue weighted by Crippen LogP contribution is -2.53. The SMILES string of the molecule is O=C(O)c1ccn(CC(F)(F)C(F)(F)C(F)(F)F)n1. The average Bonchev–Trinajstić information content (AvgIpc) is 2.63. The zero-order chi connectivity index (χ0) is 15.1. The minimum atomic E-state index is -6.43. The third kappa shape index (κ3) is 2.79. The molecular weight excluding hydrogens is 289 g/mol. The summed E-state index contributed by atoms with van der Waals surface area (Å²) in [6.07, 6.45) is -5.87. The first-order chi connectivity index (χ1) is 8.38. The van der Waals surface area contributed by atoms with Gasteiger partial charge in [-0.2, -0.15) is 35.8 Å². The average molecular weight is 294 g/mol. The number of aromatic nitrogens is 2. The van der Waals surface area contributed by atoms with E-state index in [1.807, 2.05) is 0 Å². The highest BCUT2D eigenvalue weighted by Crippen LogP contribution is 2.47. The van der Waals surface area contributed by atoms with E-state index in [0.717, 1.165) is 0 Å². The van der Waals surface area contributed by atoms with Crippen LogP contribution in [0, 0.1) is 0 Å². The van der Waals surface area contributed by atoms with E-state index in [-0.39, 0.29) is 4.68 Å². The van der Waals surface area contributed by atoms with Crippen LogP contribution in [0.1, 0.15) is 10.5 Å². The molecule has 0 radical (unpaired) electrons. The minimum absolute atomic E-state index is 0.00308. The zero-order valence-corrected chi connectivity index (χ0v) is 8.76. The molecule has 1 heterocycles. The molecule has 0 unspecified atom stereocenters. The van der Waals surface area contributed by atoms with Gasteiger partial charge in [0.25, 0.3) is 0 Å². The van der Waals surface area contributed by atoms with Gasteiger partial charge in [0.1, 0.15) is 6.54 Å². The molecule has 4 nitrogen and oxygen atoms in total. The van der Waals surface area contributed by atoms with Crippen molar-refractivity contribution in [2.45, 2.75) is 24.6 Å². The lowest BCUT2D eigenvalue weighted by atomic mass is 10.1. The van der Waals surface area contributed by atoms with E-state index in [0.29, 0.717) is 12.3 Å². The molecule has 1 aromatic heterocycles. The van der Waals surface area contributed by atoms with Gasteiger partial charge in [0.15, 0.2) is 5.69 Å². The predicted molar refractivity (Wildman–Crippen MR) is 45.1 cm³/mol. The topological polar surface area (TPSA) is 55.1 Å². The van der Waals surface area contributed by atoms with Crippen molar-refractivity contribution in [2.75, 3.05) is 0 Å². The van der Waals surface area contributed by atoms with Gasteiger partial charge in [0.2, 0.25) is 0 Å². The first-order valence-corrected chi connectivity index (χ1v) is 4.47. The minimum Gasteiger partial charge on any atom is -0.476 e. The monoisotopic (exact) mass is 294 g/mol. The van der Waals surface area contributed by atoms with Crippen molar-refractivity contribution in [2.24, 2.45) is 0 Å². The number of hydrogen-bond donors (Lipinski definition) is 1. The van der Waals surface area contributed by atoms with Gasteiger partial charge in [-0.3, -0.25) is 4.68 Å². The molecule has 11 heteroatoms. The second kappa shape index (κ2) is 4.38. The molecule has 0 spiro atoms. The first kappa shape index (κ1) is 15.2. The molecule has 0 aliphatic rings. The first-order valence-electron chi connectivity index (χ1n) is 4.47.